The molecule has 1 unspecified atom stereocenters. The Hall–Kier alpha value is -1.74. The van der Waals surface area contributed by atoms with Crippen molar-refractivity contribution in [3.8, 4) is 0 Å². The van der Waals surface area contributed by atoms with E-state index in [9.17, 15) is 4.79 Å². The second kappa shape index (κ2) is 7.02. The largest absolute Gasteiger partial charge is 0.342 e. The molecule has 2 aromatic rings. The summed E-state index contributed by atoms with van der Waals surface area (Å²) in [4.78, 5) is 16.2. The van der Waals surface area contributed by atoms with Gasteiger partial charge < -0.3 is 4.90 Å². The quantitative estimate of drug-likeness (QED) is 0.837. The van der Waals surface area contributed by atoms with Gasteiger partial charge in [-0.15, -0.1) is 11.8 Å². The lowest BCUT2D eigenvalue weighted by molar-refractivity contribution is -0.131. The van der Waals surface area contributed by atoms with Gasteiger partial charge in [0, 0.05) is 18.0 Å². The van der Waals surface area contributed by atoms with Crippen molar-refractivity contribution in [3.63, 3.8) is 0 Å². The van der Waals surface area contributed by atoms with Gasteiger partial charge in [0.1, 0.15) is 0 Å². The number of piperidine rings is 1. The number of hydrogen-bond donors (Lipinski definition) is 0. The van der Waals surface area contributed by atoms with E-state index in [0.29, 0.717) is 11.8 Å². The zero-order valence-electron chi connectivity index (χ0n) is 13.9. The number of rotatable bonds is 3. The average molecular weight is 337 g/mol. The number of hydrogen-bond acceptors (Lipinski definition) is 2. The predicted octanol–water partition coefficient (Wildman–Crippen LogP) is 4.18. The normalized spacial score (nSPS) is 20.8. The Morgan fingerprint density at radius 3 is 2.46 bits per heavy atom. The first kappa shape index (κ1) is 15.8. The maximum absolute atomic E-state index is 12.8. The summed E-state index contributed by atoms with van der Waals surface area (Å²) in [5.41, 5.74) is 2.75. The molecule has 3 heteroatoms. The molecule has 0 N–H and O–H groups in total. The van der Waals surface area contributed by atoms with Crippen LogP contribution in [-0.2, 0) is 17.6 Å². The number of likely N-dealkylation sites (tertiary alicyclic amines) is 1. The minimum absolute atomic E-state index is 0.0908. The Morgan fingerprint density at radius 2 is 1.71 bits per heavy atom. The molecule has 1 saturated heterocycles. The van der Waals surface area contributed by atoms with Crippen LogP contribution >= 0.6 is 11.8 Å². The summed E-state index contributed by atoms with van der Waals surface area (Å²) in [6, 6.07) is 19.2. The van der Waals surface area contributed by atoms with Gasteiger partial charge in [-0.05, 0) is 48.8 Å². The van der Waals surface area contributed by atoms with Crippen molar-refractivity contribution in [2.75, 3.05) is 13.1 Å². The summed E-state index contributed by atoms with van der Waals surface area (Å²) in [5, 5.41) is 0.0908. The maximum atomic E-state index is 12.8. The van der Waals surface area contributed by atoms with Gasteiger partial charge in [0.25, 0.3) is 0 Å². The highest BCUT2D eigenvalue weighted by atomic mass is 32.2. The summed E-state index contributed by atoms with van der Waals surface area (Å²) in [7, 11) is 0. The van der Waals surface area contributed by atoms with Gasteiger partial charge in [0.2, 0.25) is 5.91 Å². The molecule has 24 heavy (non-hydrogen) atoms. The van der Waals surface area contributed by atoms with Crippen LogP contribution in [0.15, 0.2) is 59.5 Å². The molecule has 1 fully saturated rings. The lowest BCUT2D eigenvalue weighted by Crippen LogP contribution is -2.43. The van der Waals surface area contributed by atoms with Crippen LogP contribution in [-0.4, -0.2) is 29.1 Å². The fourth-order valence-electron chi connectivity index (χ4n) is 3.83. The molecule has 2 heterocycles. The van der Waals surface area contributed by atoms with Gasteiger partial charge in [-0.1, -0.05) is 48.5 Å². The Morgan fingerprint density at radius 1 is 1.00 bits per heavy atom. The zero-order chi connectivity index (χ0) is 16.4. The Kier molecular flexibility index (Phi) is 4.61. The number of carbonyl (C=O) groups excluding carboxylic acids is 1. The molecule has 0 aliphatic carbocycles. The lowest BCUT2D eigenvalue weighted by atomic mass is 9.90. The van der Waals surface area contributed by atoms with Crippen LogP contribution in [0.5, 0.6) is 0 Å². The van der Waals surface area contributed by atoms with Crippen LogP contribution < -0.4 is 0 Å². The summed E-state index contributed by atoms with van der Waals surface area (Å²) in [6.45, 7) is 1.84. The molecular weight excluding hydrogens is 314 g/mol. The first-order valence-electron chi connectivity index (χ1n) is 8.87. The highest BCUT2D eigenvalue weighted by Gasteiger charge is 2.33. The number of fused-ring (bicyclic) bond motifs is 1. The van der Waals surface area contributed by atoms with Crippen LogP contribution in [0.25, 0.3) is 0 Å². The third-order valence-corrected chi connectivity index (χ3v) is 6.52. The average Bonchev–Trinajstić information content (AvgIpc) is 3.07. The van der Waals surface area contributed by atoms with E-state index in [1.165, 1.54) is 16.0 Å². The third-order valence-electron chi connectivity index (χ3n) is 5.22. The first-order chi connectivity index (χ1) is 11.8. The van der Waals surface area contributed by atoms with Crippen molar-refractivity contribution in [1.29, 1.82) is 0 Å². The van der Waals surface area contributed by atoms with E-state index in [4.69, 9.17) is 0 Å². The molecule has 0 radical (unpaired) electrons. The van der Waals surface area contributed by atoms with Gasteiger partial charge in [0.05, 0.1) is 5.25 Å². The highest BCUT2D eigenvalue weighted by molar-refractivity contribution is 8.01. The van der Waals surface area contributed by atoms with Crippen LogP contribution in [0.2, 0.25) is 0 Å². The summed E-state index contributed by atoms with van der Waals surface area (Å²) in [6.07, 6.45) is 4.30. The van der Waals surface area contributed by atoms with Gasteiger partial charge in [0.15, 0.2) is 0 Å². The van der Waals surface area contributed by atoms with Gasteiger partial charge in [-0.2, -0.15) is 0 Å². The van der Waals surface area contributed by atoms with Crippen molar-refractivity contribution < 1.29 is 4.79 Å². The van der Waals surface area contributed by atoms with Crippen molar-refractivity contribution >= 4 is 17.7 Å². The van der Waals surface area contributed by atoms with E-state index in [1.54, 1.807) is 11.8 Å². The van der Waals surface area contributed by atoms with Crippen LogP contribution in [0.3, 0.4) is 0 Å². The second-order valence-electron chi connectivity index (χ2n) is 6.88. The maximum Gasteiger partial charge on any atom is 0.236 e. The van der Waals surface area contributed by atoms with Crippen molar-refractivity contribution in [3.05, 3.63) is 65.7 Å². The van der Waals surface area contributed by atoms with E-state index >= 15 is 0 Å². The van der Waals surface area contributed by atoms with Crippen molar-refractivity contribution in [2.24, 2.45) is 5.92 Å². The van der Waals surface area contributed by atoms with E-state index < -0.39 is 0 Å². The number of thioether (sulfide) groups is 1. The molecule has 124 valence electrons. The Labute approximate surface area is 148 Å². The summed E-state index contributed by atoms with van der Waals surface area (Å²) < 4.78 is 0. The monoisotopic (exact) mass is 337 g/mol. The molecule has 1 amide bonds. The topological polar surface area (TPSA) is 20.3 Å². The third kappa shape index (κ3) is 3.36. The van der Waals surface area contributed by atoms with E-state index in [0.717, 1.165) is 38.8 Å². The molecule has 1 atom stereocenters. The zero-order valence-corrected chi connectivity index (χ0v) is 14.7. The first-order valence-corrected chi connectivity index (χ1v) is 9.75. The van der Waals surface area contributed by atoms with Crippen LogP contribution in [0.1, 0.15) is 24.0 Å². The van der Waals surface area contributed by atoms with Gasteiger partial charge in [-0.3, -0.25) is 4.79 Å². The summed E-state index contributed by atoms with van der Waals surface area (Å²) >= 11 is 1.75. The van der Waals surface area contributed by atoms with Crippen LogP contribution in [0, 0.1) is 5.92 Å². The second-order valence-corrected chi connectivity index (χ2v) is 8.12. The molecule has 2 aromatic carbocycles. The Bertz CT molecular complexity index is 682. The highest BCUT2D eigenvalue weighted by Crippen LogP contribution is 2.38. The number of carbonyl (C=O) groups is 1. The number of benzene rings is 2. The fraction of sp³-hybridized carbons (Fsp3) is 0.381. The number of amides is 1. The molecule has 2 aliphatic heterocycles. The molecule has 2 aliphatic rings. The fourth-order valence-corrected chi connectivity index (χ4v) is 5.11. The smallest absolute Gasteiger partial charge is 0.236 e. The summed E-state index contributed by atoms with van der Waals surface area (Å²) in [5.74, 6) is 1.05. The molecule has 0 aromatic heterocycles. The molecule has 0 saturated carbocycles. The standard InChI is InChI=1S/C21H23NOS/c23-21(20-15-18-8-4-5-9-19(18)24-20)22-12-10-17(11-13-22)14-16-6-2-1-3-7-16/h1-9,17,20H,10-15H2. The van der Waals surface area contributed by atoms with Crippen molar-refractivity contribution in [2.45, 2.75) is 35.8 Å². The molecular formula is C21H23NOS. The minimum atomic E-state index is 0.0908. The van der Waals surface area contributed by atoms with Crippen molar-refractivity contribution in [1.82, 2.24) is 4.90 Å². The predicted molar refractivity (Wildman–Crippen MR) is 99.2 cm³/mol. The Balaban J connectivity index is 1.31. The van der Waals surface area contributed by atoms with E-state index in [1.807, 2.05) is 0 Å². The molecule has 0 bridgehead atoms. The van der Waals surface area contributed by atoms with E-state index in [-0.39, 0.29) is 5.25 Å². The van der Waals surface area contributed by atoms with E-state index in [2.05, 4.69) is 59.5 Å². The SMILES string of the molecule is O=C(C1Cc2ccccc2S1)N1CCC(Cc2ccccc2)CC1. The molecule has 2 nitrogen and oxygen atoms in total. The minimum Gasteiger partial charge on any atom is -0.342 e. The van der Waals surface area contributed by atoms with Crippen LogP contribution in [0.4, 0.5) is 0 Å². The molecule has 0 spiro atoms. The lowest BCUT2D eigenvalue weighted by Gasteiger charge is -2.33. The van der Waals surface area contributed by atoms with Gasteiger partial charge in [-0.25, -0.2) is 0 Å². The number of nitrogens with zero attached hydrogens (tertiary/aromatic N) is 1. The molecule has 4 rings (SSSR count). The van der Waals surface area contributed by atoms with Gasteiger partial charge >= 0.3 is 0 Å².